The van der Waals surface area contributed by atoms with Crippen molar-refractivity contribution in [2.75, 3.05) is 0 Å². The van der Waals surface area contributed by atoms with Gasteiger partial charge >= 0.3 is 6.18 Å². The minimum atomic E-state index is -4.26. The highest BCUT2D eigenvalue weighted by Crippen LogP contribution is 2.27. The SMILES string of the molecule is NCc1cn(CC(F)(F)F)c2cc(Cl)ccc12. The fraction of sp³-hybridized carbons (Fsp3) is 0.273. The van der Waals surface area contributed by atoms with E-state index in [-0.39, 0.29) is 6.54 Å². The lowest BCUT2D eigenvalue weighted by Gasteiger charge is -2.08. The van der Waals surface area contributed by atoms with Crippen molar-refractivity contribution in [1.29, 1.82) is 0 Å². The number of halogens is 4. The van der Waals surface area contributed by atoms with Crippen LogP contribution in [0, 0.1) is 0 Å². The number of alkyl halides is 3. The van der Waals surface area contributed by atoms with Crippen LogP contribution in [0.25, 0.3) is 10.9 Å². The van der Waals surface area contributed by atoms with Gasteiger partial charge in [-0.2, -0.15) is 13.2 Å². The average molecular weight is 263 g/mol. The van der Waals surface area contributed by atoms with E-state index in [9.17, 15) is 13.2 Å². The van der Waals surface area contributed by atoms with E-state index >= 15 is 0 Å². The molecule has 17 heavy (non-hydrogen) atoms. The molecule has 0 fully saturated rings. The van der Waals surface area contributed by atoms with Crippen molar-refractivity contribution in [2.45, 2.75) is 19.3 Å². The van der Waals surface area contributed by atoms with Crippen LogP contribution in [0.5, 0.6) is 0 Å². The molecule has 92 valence electrons. The molecule has 2 nitrogen and oxygen atoms in total. The minimum absolute atomic E-state index is 0.197. The normalized spacial score (nSPS) is 12.3. The van der Waals surface area contributed by atoms with Crippen LogP contribution in [0.4, 0.5) is 13.2 Å². The smallest absolute Gasteiger partial charge is 0.338 e. The first-order valence-electron chi connectivity index (χ1n) is 4.95. The van der Waals surface area contributed by atoms with Crippen molar-refractivity contribution in [3.8, 4) is 0 Å². The molecule has 0 aliphatic carbocycles. The number of rotatable bonds is 2. The van der Waals surface area contributed by atoms with Crippen molar-refractivity contribution in [3.05, 3.63) is 35.0 Å². The van der Waals surface area contributed by atoms with Crippen molar-refractivity contribution >= 4 is 22.5 Å². The van der Waals surface area contributed by atoms with E-state index in [2.05, 4.69) is 0 Å². The Kier molecular flexibility index (Phi) is 3.05. The van der Waals surface area contributed by atoms with Crippen molar-refractivity contribution < 1.29 is 13.2 Å². The largest absolute Gasteiger partial charge is 0.406 e. The Morgan fingerprint density at radius 3 is 2.59 bits per heavy atom. The number of hydrogen-bond acceptors (Lipinski definition) is 1. The quantitative estimate of drug-likeness (QED) is 0.884. The third-order valence-electron chi connectivity index (χ3n) is 2.50. The molecule has 2 rings (SSSR count). The topological polar surface area (TPSA) is 30.9 Å². The van der Waals surface area contributed by atoms with Crippen LogP contribution < -0.4 is 5.73 Å². The molecule has 0 saturated heterocycles. The summed E-state index contributed by atoms with van der Waals surface area (Å²) >= 11 is 5.79. The Bertz CT molecular complexity index is 545. The monoisotopic (exact) mass is 262 g/mol. The molecule has 0 amide bonds. The molecular formula is C11H10ClF3N2. The van der Waals surface area contributed by atoms with E-state index < -0.39 is 12.7 Å². The molecular weight excluding hydrogens is 253 g/mol. The first kappa shape index (κ1) is 12.3. The van der Waals surface area contributed by atoms with Crippen molar-refractivity contribution in [3.63, 3.8) is 0 Å². The van der Waals surface area contributed by atoms with E-state index in [1.807, 2.05) is 0 Å². The Morgan fingerprint density at radius 2 is 2.00 bits per heavy atom. The van der Waals surface area contributed by atoms with Crippen LogP contribution in [0.1, 0.15) is 5.56 Å². The van der Waals surface area contributed by atoms with Crippen molar-refractivity contribution in [2.24, 2.45) is 5.73 Å². The van der Waals surface area contributed by atoms with Gasteiger partial charge in [-0.15, -0.1) is 0 Å². The maximum absolute atomic E-state index is 12.4. The molecule has 2 aromatic rings. The zero-order chi connectivity index (χ0) is 12.6. The average Bonchev–Trinajstić information content (AvgIpc) is 2.54. The molecule has 0 aliphatic heterocycles. The van der Waals surface area contributed by atoms with E-state index in [0.29, 0.717) is 21.5 Å². The predicted octanol–water partition coefficient (Wildman–Crippen LogP) is 3.32. The second kappa shape index (κ2) is 4.23. The molecule has 0 spiro atoms. The molecule has 0 saturated carbocycles. The number of aromatic nitrogens is 1. The Morgan fingerprint density at radius 1 is 1.29 bits per heavy atom. The minimum Gasteiger partial charge on any atom is -0.338 e. The molecule has 0 bridgehead atoms. The lowest BCUT2D eigenvalue weighted by molar-refractivity contribution is -0.139. The van der Waals surface area contributed by atoms with E-state index in [4.69, 9.17) is 17.3 Å². The van der Waals surface area contributed by atoms with Crippen LogP contribution in [0.2, 0.25) is 5.02 Å². The van der Waals surface area contributed by atoms with Gasteiger partial charge in [0.1, 0.15) is 6.54 Å². The molecule has 0 atom stereocenters. The number of nitrogens with two attached hydrogens (primary N) is 1. The fourth-order valence-electron chi connectivity index (χ4n) is 1.83. The van der Waals surface area contributed by atoms with Gasteiger partial charge in [0.25, 0.3) is 0 Å². The van der Waals surface area contributed by atoms with Crippen LogP contribution in [-0.4, -0.2) is 10.7 Å². The van der Waals surface area contributed by atoms with Gasteiger partial charge in [-0.05, 0) is 17.7 Å². The molecule has 2 N–H and O–H groups in total. The Balaban J connectivity index is 2.58. The Hall–Kier alpha value is -1.20. The van der Waals surface area contributed by atoms with E-state index in [1.54, 1.807) is 12.1 Å². The first-order chi connectivity index (χ1) is 7.90. The molecule has 1 heterocycles. The zero-order valence-corrected chi connectivity index (χ0v) is 9.52. The summed E-state index contributed by atoms with van der Waals surface area (Å²) < 4.78 is 38.3. The molecule has 1 aromatic carbocycles. The first-order valence-corrected chi connectivity index (χ1v) is 5.32. The van der Waals surface area contributed by atoms with Crippen LogP contribution >= 0.6 is 11.6 Å². The van der Waals surface area contributed by atoms with Crippen molar-refractivity contribution in [1.82, 2.24) is 4.57 Å². The van der Waals surface area contributed by atoms with Gasteiger partial charge in [0.05, 0.1) is 5.52 Å². The van der Waals surface area contributed by atoms with Crippen LogP contribution in [0.3, 0.4) is 0 Å². The van der Waals surface area contributed by atoms with Gasteiger partial charge < -0.3 is 10.3 Å². The predicted molar refractivity (Wildman–Crippen MR) is 60.9 cm³/mol. The number of nitrogens with zero attached hydrogens (tertiary/aromatic N) is 1. The highest BCUT2D eigenvalue weighted by atomic mass is 35.5. The Labute approximate surface area is 101 Å². The molecule has 6 heteroatoms. The summed E-state index contributed by atoms with van der Waals surface area (Å²) in [6, 6.07) is 4.84. The summed E-state index contributed by atoms with van der Waals surface area (Å²) in [5, 5.41) is 1.11. The van der Waals surface area contributed by atoms with E-state index in [0.717, 1.165) is 4.57 Å². The van der Waals surface area contributed by atoms with Gasteiger partial charge in [-0.25, -0.2) is 0 Å². The van der Waals surface area contributed by atoms with Crippen LogP contribution in [-0.2, 0) is 13.1 Å². The summed E-state index contributed by atoms with van der Waals surface area (Å²) in [4.78, 5) is 0. The summed E-state index contributed by atoms with van der Waals surface area (Å²) in [6.07, 6.45) is -2.84. The standard InChI is InChI=1S/C11H10ClF3N2/c12-8-1-2-9-7(4-16)5-17(10(9)3-8)6-11(13,14)15/h1-3,5H,4,6,16H2. The van der Waals surface area contributed by atoms with E-state index in [1.165, 1.54) is 12.3 Å². The highest BCUT2D eigenvalue weighted by Gasteiger charge is 2.28. The summed E-state index contributed by atoms with van der Waals surface area (Å²) in [5.74, 6) is 0. The number of fused-ring (bicyclic) bond motifs is 1. The van der Waals surface area contributed by atoms with Crippen LogP contribution in [0.15, 0.2) is 24.4 Å². The fourth-order valence-corrected chi connectivity index (χ4v) is 1.99. The van der Waals surface area contributed by atoms with Gasteiger partial charge in [0.2, 0.25) is 0 Å². The van der Waals surface area contributed by atoms with Gasteiger partial charge in [-0.3, -0.25) is 0 Å². The third-order valence-corrected chi connectivity index (χ3v) is 2.73. The summed E-state index contributed by atoms with van der Waals surface area (Å²) in [7, 11) is 0. The molecule has 1 aromatic heterocycles. The molecule has 0 unspecified atom stereocenters. The number of hydrogen-bond donors (Lipinski definition) is 1. The van der Waals surface area contributed by atoms with Gasteiger partial charge in [-0.1, -0.05) is 17.7 Å². The third kappa shape index (κ3) is 2.56. The zero-order valence-electron chi connectivity index (χ0n) is 8.76. The summed E-state index contributed by atoms with van der Waals surface area (Å²) in [5.41, 5.74) is 6.64. The lowest BCUT2D eigenvalue weighted by Crippen LogP contribution is -2.16. The highest BCUT2D eigenvalue weighted by molar-refractivity contribution is 6.31. The second-order valence-corrected chi connectivity index (χ2v) is 4.20. The maximum Gasteiger partial charge on any atom is 0.406 e. The number of benzene rings is 1. The molecule has 0 radical (unpaired) electrons. The lowest BCUT2D eigenvalue weighted by atomic mass is 10.2. The second-order valence-electron chi connectivity index (χ2n) is 3.76. The maximum atomic E-state index is 12.4. The van der Waals surface area contributed by atoms with Gasteiger partial charge in [0, 0.05) is 23.2 Å². The summed E-state index contributed by atoms with van der Waals surface area (Å²) in [6.45, 7) is -0.840. The van der Waals surface area contributed by atoms with Gasteiger partial charge in [0.15, 0.2) is 0 Å². The molecule has 0 aliphatic rings.